The van der Waals surface area contributed by atoms with Crippen molar-refractivity contribution in [1.82, 2.24) is 0 Å². The van der Waals surface area contributed by atoms with Crippen molar-refractivity contribution in [3.05, 3.63) is 65.2 Å². The highest BCUT2D eigenvalue weighted by atomic mass is 35.5. The highest BCUT2D eigenvalue weighted by Crippen LogP contribution is 2.14. The van der Waals surface area contributed by atoms with Gasteiger partial charge in [-0.15, -0.1) is 0 Å². The zero-order chi connectivity index (χ0) is 16.5. The Morgan fingerprint density at radius 3 is 2.48 bits per heavy atom. The van der Waals surface area contributed by atoms with Gasteiger partial charge in [0.15, 0.2) is 0 Å². The summed E-state index contributed by atoms with van der Waals surface area (Å²) >= 11 is 5.83. The molecule has 0 saturated heterocycles. The van der Waals surface area contributed by atoms with Crippen LogP contribution in [0.25, 0.3) is 6.08 Å². The van der Waals surface area contributed by atoms with Gasteiger partial charge in [0, 0.05) is 23.3 Å². The van der Waals surface area contributed by atoms with Crippen molar-refractivity contribution >= 4 is 29.3 Å². The zero-order valence-electron chi connectivity index (χ0n) is 12.5. The van der Waals surface area contributed by atoms with E-state index in [1.807, 2.05) is 48.5 Å². The van der Waals surface area contributed by atoms with Crippen LogP contribution >= 0.6 is 11.6 Å². The average Bonchev–Trinajstić information content (AvgIpc) is 2.55. The molecule has 0 spiro atoms. The summed E-state index contributed by atoms with van der Waals surface area (Å²) in [5, 5.41) is 12.6. The number of nitrogens with one attached hydrogen (secondary N) is 1. The van der Waals surface area contributed by atoms with Crippen molar-refractivity contribution in [2.45, 2.75) is 6.42 Å². The molecule has 0 atom stereocenters. The minimum atomic E-state index is -0.960. The van der Waals surface area contributed by atoms with Crippen molar-refractivity contribution in [2.75, 3.05) is 18.5 Å². The Hall–Kier alpha value is -2.46. The topological polar surface area (TPSA) is 58.6 Å². The third-order valence-electron chi connectivity index (χ3n) is 3.06. The van der Waals surface area contributed by atoms with Crippen molar-refractivity contribution < 1.29 is 14.6 Å². The molecule has 23 heavy (non-hydrogen) atoms. The number of carboxylic acid groups (broad SMARTS) is 1. The standard InChI is InChI=1S/C18H18ClNO3/c19-15-5-7-16(8-6-15)20-12-1-13-23-17-9-2-14(3-10-17)4-11-18(21)22/h2-11,20H,1,12-13H2,(H,21,22)/b11-4+. The summed E-state index contributed by atoms with van der Waals surface area (Å²) in [7, 11) is 0. The van der Waals surface area contributed by atoms with Gasteiger partial charge in [-0.05, 0) is 54.5 Å². The average molecular weight is 332 g/mol. The van der Waals surface area contributed by atoms with Gasteiger partial charge in [0.25, 0.3) is 0 Å². The second-order valence-corrected chi connectivity index (χ2v) is 5.31. The first-order chi connectivity index (χ1) is 11.1. The molecule has 0 heterocycles. The number of anilines is 1. The van der Waals surface area contributed by atoms with Crippen LogP contribution in [0.3, 0.4) is 0 Å². The van der Waals surface area contributed by atoms with Gasteiger partial charge >= 0.3 is 5.97 Å². The van der Waals surface area contributed by atoms with E-state index in [0.717, 1.165) is 41.1 Å². The molecule has 0 radical (unpaired) electrons. The molecule has 120 valence electrons. The van der Waals surface area contributed by atoms with E-state index in [1.165, 1.54) is 0 Å². The van der Waals surface area contributed by atoms with Gasteiger partial charge in [0.1, 0.15) is 5.75 Å². The van der Waals surface area contributed by atoms with Gasteiger partial charge in [-0.3, -0.25) is 0 Å². The normalized spacial score (nSPS) is 10.7. The molecule has 2 aromatic rings. The third-order valence-corrected chi connectivity index (χ3v) is 3.31. The van der Waals surface area contributed by atoms with E-state index in [-0.39, 0.29) is 0 Å². The Bertz CT molecular complexity index is 651. The monoisotopic (exact) mass is 331 g/mol. The van der Waals surface area contributed by atoms with Crippen molar-refractivity contribution in [2.24, 2.45) is 0 Å². The minimum Gasteiger partial charge on any atom is -0.494 e. The van der Waals surface area contributed by atoms with Crippen LogP contribution in [0.4, 0.5) is 5.69 Å². The van der Waals surface area contributed by atoms with Crippen molar-refractivity contribution in [3.63, 3.8) is 0 Å². The number of benzene rings is 2. The molecule has 2 aromatic carbocycles. The first-order valence-corrected chi connectivity index (χ1v) is 7.64. The molecule has 0 aromatic heterocycles. The Morgan fingerprint density at radius 1 is 1.13 bits per heavy atom. The lowest BCUT2D eigenvalue weighted by molar-refractivity contribution is -0.131. The van der Waals surface area contributed by atoms with E-state index < -0.39 is 5.97 Å². The highest BCUT2D eigenvalue weighted by Gasteiger charge is 1.96. The molecule has 0 aliphatic rings. The largest absolute Gasteiger partial charge is 0.494 e. The minimum absolute atomic E-state index is 0.602. The number of rotatable bonds is 8. The van der Waals surface area contributed by atoms with Gasteiger partial charge < -0.3 is 15.2 Å². The van der Waals surface area contributed by atoms with Crippen LogP contribution in [-0.4, -0.2) is 24.2 Å². The Balaban J connectivity index is 1.68. The lowest BCUT2D eigenvalue weighted by Crippen LogP contribution is -2.07. The van der Waals surface area contributed by atoms with Gasteiger partial charge in [-0.1, -0.05) is 23.7 Å². The number of carbonyl (C=O) groups is 1. The van der Waals surface area contributed by atoms with Crippen LogP contribution in [0.1, 0.15) is 12.0 Å². The van der Waals surface area contributed by atoms with Crippen LogP contribution in [0.15, 0.2) is 54.6 Å². The number of hydrogen-bond acceptors (Lipinski definition) is 3. The molecular formula is C18H18ClNO3. The summed E-state index contributed by atoms with van der Waals surface area (Å²) in [6, 6.07) is 14.9. The predicted octanol–water partition coefficient (Wildman–Crippen LogP) is 4.32. The number of ether oxygens (including phenoxy) is 1. The van der Waals surface area contributed by atoms with Crippen LogP contribution in [-0.2, 0) is 4.79 Å². The molecule has 0 bridgehead atoms. The predicted molar refractivity (Wildman–Crippen MR) is 93.2 cm³/mol. The fourth-order valence-electron chi connectivity index (χ4n) is 1.91. The summed E-state index contributed by atoms with van der Waals surface area (Å²) < 4.78 is 5.64. The molecule has 0 saturated carbocycles. The quantitative estimate of drug-likeness (QED) is 0.558. The molecule has 2 N–H and O–H groups in total. The van der Waals surface area contributed by atoms with E-state index in [9.17, 15) is 4.79 Å². The summed E-state index contributed by atoms with van der Waals surface area (Å²) in [4.78, 5) is 10.4. The molecule has 4 nitrogen and oxygen atoms in total. The molecule has 0 aliphatic carbocycles. The van der Waals surface area contributed by atoms with Crippen LogP contribution in [0, 0.1) is 0 Å². The van der Waals surface area contributed by atoms with Gasteiger partial charge in [-0.25, -0.2) is 4.79 Å². The number of hydrogen-bond donors (Lipinski definition) is 2. The Kier molecular flexibility index (Phi) is 6.51. The summed E-state index contributed by atoms with van der Waals surface area (Å²) in [5.74, 6) is -0.192. The number of aliphatic carboxylic acids is 1. The Labute approximate surface area is 140 Å². The summed E-state index contributed by atoms with van der Waals surface area (Å²) in [6.45, 7) is 1.41. The van der Waals surface area contributed by atoms with Gasteiger partial charge in [0.05, 0.1) is 6.61 Å². The maximum absolute atomic E-state index is 10.4. The van der Waals surface area contributed by atoms with E-state index >= 15 is 0 Å². The van der Waals surface area contributed by atoms with Crippen molar-refractivity contribution in [1.29, 1.82) is 0 Å². The number of halogens is 1. The molecule has 0 unspecified atom stereocenters. The first-order valence-electron chi connectivity index (χ1n) is 7.27. The summed E-state index contributed by atoms with van der Waals surface area (Å²) in [5.41, 5.74) is 1.85. The van der Waals surface area contributed by atoms with Crippen molar-refractivity contribution in [3.8, 4) is 5.75 Å². The van der Waals surface area contributed by atoms with E-state index in [4.69, 9.17) is 21.4 Å². The first kappa shape index (κ1) is 16.9. The lowest BCUT2D eigenvalue weighted by Gasteiger charge is -2.08. The zero-order valence-corrected chi connectivity index (χ0v) is 13.3. The number of carboxylic acids is 1. The SMILES string of the molecule is O=C(O)/C=C/c1ccc(OCCCNc2ccc(Cl)cc2)cc1. The van der Waals surface area contributed by atoms with Crippen LogP contribution in [0.2, 0.25) is 5.02 Å². The Morgan fingerprint density at radius 2 is 1.83 bits per heavy atom. The smallest absolute Gasteiger partial charge is 0.328 e. The molecule has 0 aliphatic heterocycles. The fourth-order valence-corrected chi connectivity index (χ4v) is 2.03. The van der Waals surface area contributed by atoms with Crippen LogP contribution in [0.5, 0.6) is 5.75 Å². The molecular weight excluding hydrogens is 314 g/mol. The fraction of sp³-hybridized carbons (Fsp3) is 0.167. The third kappa shape index (κ3) is 6.45. The molecule has 0 fully saturated rings. The van der Waals surface area contributed by atoms with E-state index in [2.05, 4.69) is 5.32 Å². The van der Waals surface area contributed by atoms with Gasteiger partial charge in [0.2, 0.25) is 0 Å². The second kappa shape index (κ2) is 8.86. The second-order valence-electron chi connectivity index (χ2n) is 4.88. The van der Waals surface area contributed by atoms with Crippen LogP contribution < -0.4 is 10.1 Å². The molecule has 2 rings (SSSR count). The van der Waals surface area contributed by atoms with E-state index in [1.54, 1.807) is 6.08 Å². The highest BCUT2D eigenvalue weighted by molar-refractivity contribution is 6.30. The lowest BCUT2D eigenvalue weighted by atomic mass is 10.2. The maximum Gasteiger partial charge on any atom is 0.328 e. The summed E-state index contributed by atoms with van der Waals surface area (Å²) in [6.07, 6.45) is 3.52. The van der Waals surface area contributed by atoms with Gasteiger partial charge in [-0.2, -0.15) is 0 Å². The van der Waals surface area contributed by atoms with E-state index in [0.29, 0.717) is 6.61 Å². The maximum atomic E-state index is 10.4. The molecule has 0 amide bonds. The molecule has 5 heteroatoms.